The molecular weight excluding hydrogens is 144 g/mol. The van der Waals surface area contributed by atoms with Crippen molar-refractivity contribution in [2.45, 2.75) is 13.3 Å². The first kappa shape index (κ1) is 7.98. The summed E-state index contributed by atoms with van der Waals surface area (Å²) < 4.78 is 4.52. The Labute approximate surface area is 65.0 Å². The second-order valence-corrected chi connectivity index (χ2v) is 2.63. The van der Waals surface area contributed by atoms with E-state index in [1.165, 1.54) is 13.2 Å². The molecule has 0 aromatic heterocycles. The molecule has 0 N–H and O–H groups in total. The van der Waals surface area contributed by atoms with Crippen LogP contribution in [0.3, 0.4) is 0 Å². The number of hydrogen-bond acceptors (Lipinski definition) is 3. The Morgan fingerprint density at radius 3 is 2.73 bits per heavy atom. The molecule has 0 saturated carbocycles. The molecule has 0 aromatic rings. The maximum Gasteiger partial charge on any atom is 0.313 e. The molecule has 0 radical (unpaired) electrons. The Hall–Kier alpha value is -1.12. The van der Waals surface area contributed by atoms with Crippen LogP contribution in [0.5, 0.6) is 0 Å². The van der Waals surface area contributed by atoms with E-state index in [0.717, 1.165) is 5.57 Å². The number of ether oxygens (including phenoxy) is 1. The minimum atomic E-state index is -0.326. The molecule has 0 aromatic carbocycles. The van der Waals surface area contributed by atoms with Gasteiger partial charge >= 0.3 is 5.97 Å². The third-order valence-electron chi connectivity index (χ3n) is 1.83. The van der Waals surface area contributed by atoms with Crippen molar-refractivity contribution < 1.29 is 14.3 Å². The maximum atomic E-state index is 11.0. The van der Waals surface area contributed by atoms with Crippen molar-refractivity contribution in [3.63, 3.8) is 0 Å². The molecule has 0 heterocycles. The first-order valence-electron chi connectivity index (χ1n) is 3.44. The summed E-state index contributed by atoms with van der Waals surface area (Å²) >= 11 is 0. The molecule has 11 heavy (non-hydrogen) atoms. The first-order chi connectivity index (χ1) is 5.15. The average molecular weight is 154 g/mol. The van der Waals surface area contributed by atoms with Crippen LogP contribution in [-0.4, -0.2) is 18.9 Å². The predicted octanol–water partition coefficient (Wildman–Crippen LogP) is 0.695. The summed E-state index contributed by atoms with van der Waals surface area (Å²) in [6, 6.07) is 0. The molecule has 0 aliphatic heterocycles. The Balaban J connectivity index is 2.71. The topological polar surface area (TPSA) is 43.4 Å². The Morgan fingerprint density at radius 2 is 2.36 bits per heavy atom. The van der Waals surface area contributed by atoms with Crippen LogP contribution in [0.4, 0.5) is 0 Å². The third-order valence-corrected chi connectivity index (χ3v) is 1.83. The smallest absolute Gasteiger partial charge is 0.313 e. The standard InChI is InChI=1S/C8H10O3/c1-5-3-6(9)4-7(5)8(10)11-2/h3,7H,4H2,1-2H3/t7-/m0/s1. The van der Waals surface area contributed by atoms with E-state index in [1.54, 1.807) is 6.92 Å². The highest BCUT2D eigenvalue weighted by Gasteiger charge is 2.28. The zero-order valence-corrected chi connectivity index (χ0v) is 6.59. The number of allylic oxidation sites excluding steroid dienone is 1. The van der Waals surface area contributed by atoms with Gasteiger partial charge in [-0.1, -0.05) is 5.57 Å². The molecule has 3 nitrogen and oxygen atoms in total. The highest BCUT2D eigenvalue weighted by Crippen LogP contribution is 2.23. The van der Waals surface area contributed by atoms with Gasteiger partial charge in [-0.15, -0.1) is 0 Å². The SMILES string of the molecule is COC(=O)[C@H]1CC(=O)C=C1C. The summed E-state index contributed by atoms with van der Waals surface area (Å²) in [4.78, 5) is 21.8. The summed E-state index contributed by atoms with van der Waals surface area (Å²) in [5.74, 6) is -0.630. The van der Waals surface area contributed by atoms with Crippen molar-refractivity contribution in [2.75, 3.05) is 7.11 Å². The fourth-order valence-electron chi connectivity index (χ4n) is 1.19. The lowest BCUT2D eigenvalue weighted by atomic mass is 10.0. The lowest BCUT2D eigenvalue weighted by Crippen LogP contribution is -2.15. The van der Waals surface area contributed by atoms with Gasteiger partial charge in [0, 0.05) is 6.42 Å². The van der Waals surface area contributed by atoms with Crippen molar-refractivity contribution in [1.82, 2.24) is 0 Å². The highest BCUT2D eigenvalue weighted by molar-refractivity contribution is 5.98. The van der Waals surface area contributed by atoms with E-state index >= 15 is 0 Å². The molecule has 1 atom stereocenters. The van der Waals surface area contributed by atoms with Gasteiger partial charge in [0.15, 0.2) is 5.78 Å². The van der Waals surface area contributed by atoms with E-state index in [1.807, 2.05) is 0 Å². The number of hydrogen-bond donors (Lipinski definition) is 0. The molecular formula is C8H10O3. The van der Waals surface area contributed by atoms with Crippen LogP contribution in [0.1, 0.15) is 13.3 Å². The van der Waals surface area contributed by atoms with Crippen molar-refractivity contribution in [3.8, 4) is 0 Å². The zero-order chi connectivity index (χ0) is 8.43. The normalized spacial score (nSPS) is 23.3. The molecule has 1 aliphatic carbocycles. The Morgan fingerprint density at radius 1 is 1.73 bits per heavy atom. The number of esters is 1. The van der Waals surface area contributed by atoms with Crippen LogP contribution in [0.15, 0.2) is 11.6 Å². The van der Waals surface area contributed by atoms with E-state index in [0.29, 0.717) is 0 Å². The second kappa shape index (κ2) is 2.86. The van der Waals surface area contributed by atoms with Gasteiger partial charge in [-0.25, -0.2) is 0 Å². The number of methoxy groups -OCH3 is 1. The summed E-state index contributed by atoms with van der Waals surface area (Å²) in [6.45, 7) is 1.77. The van der Waals surface area contributed by atoms with E-state index < -0.39 is 0 Å². The summed E-state index contributed by atoms with van der Waals surface area (Å²) in [6.07, 6.45) is 1.78. The third kappa shape index (κ3) is 1.48. The van der Waals surface area contributed by atoms with Gasteiger partial charge < -0.3 is 4.74 Å². The lowest BCUT2D eigenvalue weighted by Gasteiger charge is -2.06. The molecule has 1 rings (SSSR count). The van der Waals surface area contributed by atoms with Gasteiger partial charge in [-0.05, 0) is 13.0 Å². The molecule has 0 spiro atoms. The van der Waals surface area contributed by atoms with Crippen LogP contribution in [0.2, 0.25) is 0 Å². The van der Waals surface area contributed by atoms with Gasteiger partial charge in [0.25, 0.3) is 0 Å². The monoisotopic (exact) mass is 154 g/mol. The van der Waals surface area contributed by atoms with Crippen LogP contribution >= 0.6 is 0 Å². The minimum absolute atomic E-state index is 0.0119. The minimum Gasteiger partial charge on any atom is -0.469 e. The Bertz CT molecular complexity index is 227. The van der Waals surface area contributed by atoms with Gasteiger partial charge in [-0.2, -0.15) is 0 Å². The summed E-state index contributed by atoms with van der Waals surface area (Å²) in [5.41, 5.74) is 0.807. The summed E-state index contributed by atoms with van der Waals surface area (Å²) in [7, 11) is 1.33. The fraction of sp³-hybridized carbons (Fsp3) is 0.500. The van der Waals surface area contributed by atoms with Gasteiger partial charge in [0.1, 0.15) is 0 Å². The van der Waals surface area contributed by atoms with Gasteiger partial charge in [0.2, 0.25) is 0 Å². The number of rotatable bonds is 1. The van der Waals surface area contributed by atoms with Crippen LogP contribution in [-0.2, 0) is 14.3 Å². The van der Waals surface area contributed by atoms with Gasteiger partial charge in [-0.3, -0.25) is 9.59 Å². The predicted molar refractivity (Wildman–Crippen MR) is 38.9 cm³/mol. The molecule has 0 saturated heterocycles. The molecule has 0 fully saturated rings. The molecule has 60 valence electrons. The zero-order valence-electron chi connectivity index (χ0n) is 6.59. The van der Waals surface area contributed by atoms with E-state index in [-0.39, 0.29) is 24.1 Å². The van der Waals surface area contributed by atoms with Crippen LogP contribution in [0.25, 0.3) is 0 Å². The number of ketones is 1. The maximum absolute atomic E-state index is 11.0. The van der Waals surface area contributed by atoms with Crippen LogP contribution < -0.4 is 0 Å². The van der Waals surface area contributed by atoms with Crippen molar-refractivity contribution in [1.29, 1.82) is 0 Å². The van der Waals surface area contributed by atoms with E-state index in [9.17, 15) is 9.59 Å². The van der Waals surface area contributed by atoms with Crippen molar-refractivity contribution in [3.05, 3.63) is 11.6 Å². The Kier molecular flexibility index (Phi) is 2.08. The second-order valence-electron chi connectivity index (χ2n) is 2.63. The number of carbonyl (C=O) groups is 2. The molecule has 1 aliphatic rings. The quantitative estimate of drug-likeness (QED) is 0.522. The van der Waals surface area contributed by atoms with Crippen molar-refractivity contribution >= 4 is 11.8 Å². The van der Waals surface area contributed by atoms with Gasteiger partial charge in [0.05, 0.1) is 13.0 Å². The average Bonchev–Trinajstić information content (AvgIpc) is 2.28. The summed E-state index contributed by atoms with van der Waals surface area (Å²) in [5, 5.41) is 0. The fourth-order valence-corrected chi connectivity index (χ4v) is 1.19. The molecule has 0 amide bonds. The largest absolute Gasteiger partial charge is 0.469 e. The molecule has 0 unspecified atom stereocenters. The van der Waals surface area contributed by atoms with E-state index in [2.05, 4.69) is 4.74 Å². The van der Waals surface area contributed by atoms with Crippen molar-refractivity contribution in [2.24, 2.45) is 5.92 Å². The molecule has 3 heteroatoms. The lowest BCUT2D eigenvalue weighted by molar-refractivity contribution is -0.144. The first-order valence-corrected chi connectivity index (χ1v) is 3.44. The highest BCUT2D eigenvalue weighted by atomic mass is 16.5. The van der Waals surface area contributed by atoms with Crippen LogP contribution in [0, 0.1) is 5.92 Å². The number of carbonyl (C=O) groups excluding carboxylic acids is 2. The molecule has 0 bridgehead atoms. The van der Waals surface area contributed by atoms with E-state index in [4.69, 9.17) is 0 Å².